The van der Waals surface area contributed by atoms with E-state index in [-0.39, 0.29) is 17.2 Å². The maximum absolute atomic E-state index is 12.3. The Labute approximate surface area is 133 Å². The van der Waals surface area contributed by atoms with Gasteiger partial charge >= 0.3 is 5.97 Å². The highest BCUT2D eigenvalue weighted by atomic mass is 16.5. The van der Waals surface area contributed by atoms with Crippen LogP contribution in [0.25, 0.3) is 4.85 Å². The molecule has 6 heteroatoms. The number of benzene rings is 2. The van der Waals surface area contributed by atoms with Crippen LogP contribution in [-0.2, 0) is 4.74 Å². The van der Waals surface area contributed by atoms with Gasteiger partial charge in [-0.05, 0) is 12.1 Å². The minimum Gasteiger partial charge on any atom is -0.494 e. The molecule has 0 radical (unpaired) electrons. The van der Waals surface area contributed by atoms with Crippen molar-refractivity contribution in [3.05, 3.63) is 65.0 Å². The second-order valence-electron chi connectivity index (χ2n) is 4.49. The van der Waals surface area contributed by atoms with Gasteiger partial charge in [-0.1, -0.05) is 30.3 Å². The highest BCUT2D eigenvalue weighted by Crippen LogP contribution is 2.29. The van der Waals surface area contributed by atoms with Crippen molar-refractivity contribution in [2.75, 3.05) is 19.5 Å². The summed E-state index contributed by atoms with van der Waals surface area (Å²) in [7, 11) is 2.67. The number of nitrogens with zero attached hydrogens (tertiary/aromatic N) is 1. The number of methoxy groups -OCH3 is 2. The van der Waals surface area contributed by atoms with E-state index in [1.165, 1.54) is 14.2 Å². The maximum atomic E-state index is 12.3. The summed E-state index contributed by atoms with van der Waals surface area (Å²) in [6.45, 7) is 6.90. The lowest BCUT2D eigenvalue weighted by Crippen LogP contribution is -2.14. The number of hydrogen-bond acceptors (Lipinski definition) is 4. The molecular formula is C17H14N2O4. The van der Waals surface area contributed by atoms with Crippen LogP contribution in [-0.4, -0.2) is 26.1 Å². The molecule has 23 heavy (non-hydrogen) atoms. The van der Waals surface area contributed by atoms with E-state index in [1.54, 1.807) is 42.5 Å². The highest BCUT2D eigenvalue weighted by Gasteiger charge is 2.18. The predicted molar refractivity (Wildman–Crippen MR) is 85.0 cm³/mol. The monoisotopic (exact) mass is 310 g/mol. The quantitative estimate of drug-likeness (QED) is 0.695. The van der Waals surface area contributed by atoms with Crippen molar-refractivity contribution >= 4 is 23.3 Å². The van der Waals surface area contributed by atoms with E-state index in [4.69, 9.17) is 11.3 Å². The van der Waals surface area contributed by atoms with Crippen LogP contribution >= 0.6 is 0 Å². The van der Waals surface area contributed by atoms with Crippen molar-refractivity contribution < 1.29 is 19.1 Å². The maximum Gasteiger partial charge on any atom is 0.341 e. The molecule has 0 saturated carbocycles. The van der Waals surface area contributed by atoms with Crippen LogP contribution in [0.1, 0.15) is 20.7 Å². The number of carbonyl (C=O) groups excluding carboxylic acids is 2. The molecule has 2 rings (SSSR count). The molecule has 0 atom stereocenters. The average Bonchev–Trinajstić information content (AvgIpc) is 2.60. The van der Waals surface area contributed by atoms with Crippen molar-refractivity contribution in [2.45, 2.75) is 0 Å². The summed E-state index contributed by atoms with van der Waals surface area (Å²) in [6, 6.07) is 11.0. The van der Waals surface area contributed by atoms with Gasteiger partial charge in [-0.2, -0.15) is 0 Å². The van der Waals surface area contributed by atoms with E-state index in [0.717, 1.165) is 0 Å². The van der Waals surface area contributed by atoms with Gasteiger partial charge in [0.2, 0.25) is 0 Å². The van der Waals surface area contributed by atoms with Gasteiger partial charge in [-0.25, -0.2) is 9.64 Å². The van der Waals surface area contributed by atoms with Crippen LogP contribution < -0.4 is 10.1 Å². The van der Waals surface area contributed by atoms with Crippen molar-refractivity contribution in [2.24, 2.45) is 0 Å². The van der Waals surface area contributed by atoms with Gasteiger partial charge in [-0.3, -0.25) is 4.79 Å². The highest BCUT2D eigenvalue weighted by molar-refractivity contribution is 6.06. The smallest absolute Gasteiger partial charge is 0.341 e. The first-order chi connectivity index (χ1) is 11.1. The van der Waals surface area contributed by atoms with E-state index in [0.29, 0.717) is 16.9 Å². The van der Waals surface area contributed by atoms with Crippen molar-refractivity contribution in [3.63, 3.8) is 0 Å². The van der Waals surface area contributed by atoms with Gasteiger partial charge in [0.15, 0.2) is 11.4 Å². The molecule has 116 valence electrons. The molecule has 0 aliphatic rings. The van der Waals surface area contributed by atoms with Gasteiger partial charge in [0.25, 0.3) is 5.91 Å². The van der Waals surface area contributed by atoms with Crippen molar-refractivity contribution in [3.8, 4) is 5.75 Å². The number of carbonyl (C=O) groups is 2. The Morgan fingerprint density at radius 1 is 1.09 bits per heavy atom. The van der Waals surface area contributed by atoms with Crippen LogP contribution in [0.15, 0.2) is 42.5 Å². The minimum atomic E-state index is -0.556. The number of ether oxygens (including phenoxy) is 2. The third kappa shape index (κ3) is 3.47. The van der Waals surface area contributed by atoms with Crippen LogP contribution in [0.3, 0.4) is 0 Å². The van der Waals surface area contributed by atoms with Crippen LogP contribution in [0.5, 0.6) is 5.75 Å². The van der Waals surface area contributed by atoms with Gasteiger partial charge in [0.1, 0.15) is 5.56 Å². The van der Waals surface area contributed by atoms with Gasteiger partial charge in [0.05, 0.1) is 26.5 Å². The van der Waals surface area contributed by atoms with Crippen LogP contribution in [0.2, 0.25) is 0 Å². The molecule has 0 aromatic heterocycles. The summed E-state index contributed by atoms with van der Waals surface area (Å²) >= 11 is 0. The molecule has 2 aromatic rings. The fraction of sp³-hybridized carbons (Fsp3) is 0.118. The van der Waals surface area contributed by atoms with E-state index in [1.807, 2.05) is 0 Å². The molecular weight excluding hydrogens is 296 g/mol. The first kappa shape index (κ1) is 16.0. The largest absolute Gasteiger partial charge is 0.494 e. The molecule has 0 heterocycles. The summed E-state index contributed by atoms with van der Waals surface area (Å²) in [5.74, 6) is -0.702. The zero-order chi connectivity index (χ0) is 16.8. The van der Waals surface area contributed by atoms with Gasteiger partial charge in [-0.15, -0.1) is 0 Å². The zero-order valence-electron chi connectivity index (χ0n) is 12.6. The fourth-order valence-corrected chi connectivity index (χ4v) is 2.01. The van der Waals surface area contributed by atoms with Crippen LogP contribution in [0.4, 0.5) is 11.4 Å². The molecule has 0 aliphatic carbocycles. The Balaban J connectivity index is 2.30. The lowest BCUT2D eigenvalue weighted by atomic mass is 10.1. The summed E-state index contributed by atoms with van der Waals surface area (Å²) in [5, 5.41) is 2.69. The molecule has 1 N–H and O–H groups in total. The van der Waals surface area contributed by atoms with Crippen molar-refractivity contribution in [1.82, 2.24) is 0 Å². The Morgan fingerprint density at radius 3 is 2.35 bits per heavy atom. The number of nitrogens with one attached hydrogen (secondary N) is 1. The third-order valence-electron chi connectivity index (χ3n) is 3.13. The Bertz CT molecular complexity index is 776. The van der Waals surface area contributed by atoms with Crippen molar-refractivity contribution in [1.29, 1.82) is 0 Å². The van der Waals surface area contributed by atoms with E-state index in [2.05, 4.69) is 14.9 Å². The third-order valence-corrected chi connectivity index (χ3v) is 3.13. The average molecular weight is 310 g/mol. The van der Waals surface area contributed by atoms with Gasteiger partial charge in [0, 0.05) is 5.56 Å². The molecule has 0 saturated heterocycles. The summed E-state index contributed by atoms with van der Waals surface area (Å²) in [6.07, 6.45) is 0. The topological polar surface area (TPSA) is 69.0 Å². The second-order valence-corrected chi connectivity index (χ2v) is 4.49. The molecule has 0 spiro atoms. The summed E-state index contributed by atoms with van der Waals surface area (Å²) in [5.41, 5.74) is 1.42. The Hall–Kier alpha value is -3.33. The number of anilines is 1. The predicted octanol–water partition coefficient (Wildman–Crippen LogP) is 3.28. The molecule has 6 nitrogen and oxygen atoms in total. The molecule has 1 amide bonds. The fourth-order valence-electron chi connectivity index (χ4n) is 2.01. The SMILES string of the molecule is [C-]#[N+]c1ccc(C(=O)Nc2cccc(C(=O)OC)c2OC)cc1. The lowest BCUT2D eigenvalue weighted by molar-refractivity contribution is 0.0597. The standard InChI is InChI=1S/C17H14N2O4/c1-18-12-9-7-11(8-10-12)16(20)19-14-6-4-5-13(15(14)22-2)17(21)23-3/h4-10H,2-3H3,(H,19,20). The summed E-state index contributed by atoms with van der Waals surface area (Å²) < 4.78 is 9.91. The van der Waals surface area contributed by atoms with E-state index >= 15 is 0 Å². The molecule has 0 fully saturated rings. The van der Waals surface area contributed by atoms with E-state index in [9.17, 15) is 9.59 Å². The first-order valence-electron chi connectivity index (χ1n) is 6.65. The normalized spacial score (nSPS) is 9.61. The molecule has 0 aliphatic heterocycles. The van der Waals surface area contributed by atoms with Gasteiger partial charge < -0.3 is 14.8 Å². The number of hydrogen-bond donors (Lipinski definition) is 1. The first-order valence-corrected chi connectivity index (χ1v) is 6.65. The summed E-state index contributed by atoms with van der Waals surface area (Å²) in [4.78, 5) is 27.3. The Kier molecular flexibility index (Phi) is 4.95. The molecule has 0 bridgehead atoms. The number of esters is 1. The van der Waals surface area contributed by atoms with Crippen LogP contribution in [0, 0.1) is 6.57 Å². The number of para-hydroxylation sites is 1. The number of amides is 1. The van der Waals surface area contributed by atoms with E-state index < -0.39 is 5.97 Å². The second kappa shape index (κ2) is 7.09. The molecule has 0 unspecified atom stereocenters. The minimum absolute atomic E-state index is 0.219. The Morgan fingerprint density at radius 2 is 1.78 bits per heavy atom. The lowest BCUT2D eigenvalue weighted by Gasteiger charge is -2.13. The molecule has 2 aromatic carbocycles. The number of rotatable bonds is 4. The zero-order valence-corrected chi connectivity index (χ0v) is 12.6.